The summed E-state index contributed by atoms with van der Waals surface area (Å²) in [5, 5.41) is 18.0. The fourth-order valence-electron chi connectivity index (χ4n) is 1.80. The van der Waals surface area contributed by atoms with Crippen molar-refractivity contribution in [2.75, 3.05) is 0 Å². The molecule has 0 radical (unpaired) electrons. The number of halogens is 2. The highest BCUT2D eigenvalue weighted by Gasteiger charge is 2.26. The molecule has 112 valence electrons. The lowest BCUT2D eigenvalue weighted by molar-refractivity contribution is -0.384. The van der Waals surface area contributed by atoms with E-state index in [1.165, 1.54) is 16.7 Å². The van der Waals surface area contributed by atoms with E-state index in [2.05, 4.69) is 10.2 Å². The van der Waals surface area contributed by atoms with Crippen LogP contribution in [-0.4, -0.2) is 28.1 Å². The maximum absolute atomic E-state index is 11.4. The Kier molecular flexibility index (Phi) is 4.17. The van der Waals surface area contributed by atoms with Crippen LogP contribution >= 0.6 is 22.3 Å². The molecule has 1 aromatic carbocycles. The summed E-state index contributed by atoms with van der Waals surface area (Å²) < 4.78 is 24.0. The van der Waals surface area contributed by atoms with Crippen molar-refractivity contribution in [2.45, 2.75) is 18.6 Å². The summed E-state index contributed by atoms with van der Waals surface area (Å²) in [6.07, 6.45) is 0. The minimum atomic E-state index is -4.11. The molecule has 8 nitrogen and oxygen atoms in total. The van der Waals surface area contributed by atoms with E-state index in [9.17, 15) is 18.5 Å². The van der Waals surface area contributed by atoms with Crippen LogP contribution in [0.25, 0.3) is 11.4 Å². The molecule has 0 aliphatic carbocycles. The average Bonchev–Trinajstić information content (AvgIpc) is 2.82. The quantitative estimate of drug-likeness (QED) is 0.476. The number of nitro benzene ring substituents is 1. The highest BCUT2D eigenvalue weighted by molar-refractivity contribution is 8.13. The monoisotopic (exact) mass is 350 g/mol. The van der Waals surface area contributed by atoms with Gasteiger partial charge in [-0.15, -0.1) is 10.2 Å². The molecule has 0 saturated heterocycles. The zero-order chi connectivity index (χ0) is 15.8. The summed E-state index contributed by atoms with van der Waals surface area (Å²) in [6, 6.07) is 3.97. The molecule has 0 aliphatic rings. The Morgan fingerprint density at radius 1 is 1.38 bits per heavy atom. The van der Waals surface area contributed by atoms with Crippen molar-refractivity contribution >= 4 is 37.0 Å². The SMILES string of the molecule is CCn1c(-c2ccc(Cl)cc2[N+](=O)[O-])nnc1S(=O)(=O)Cl. The first-order valence-electron chi connectivity index (χ1n) is 5.58. The van der Waals surface area contributed by atoms with Crippen molar-refractivity contribution in [3.05, 3.63) is 33.3 Å². The van der Waals surface area contributed by atoms with Gasteiger partial charge in [0.1, 0.15) is 0 Å². The lowest BCUT2D eigenvalue weighted by atomic mass is 10.1. The van der Waals surface area contributed by atoms with E-state index in [1.807, 2.05) is 0 Å². The summed E-state index contributed by atoms with van der Waals surface area (Å²) in [5.41, 5.74) is -0.201. The third-order valence-corrected chi connectivity index (χ3v) is 4.04. The number of rotatable bonds is 4. The summed E-state index contributed by atoms with van der Waals surface area (Å²) in [5.74, 6) is 0.0279. The van der Waals surface area contributed by atoms with Crippen molar-refractivity contribution < 1.29 is 13.3 Å². The summed E-state index contributed by atoms with van der Waals surface area (Å²) in [7, 11) is 1.16. The molecule has 2 aromatic rings. The molecule has 2 rings (SSSR count). The van der Waals surface area contributed by atoms with Gasteiger partial charge in [-0.25, -0.2) is 8.42 Å². The minimum absolute atomic E-state index is 0.0279. The van der Waals surface area contributed by atoms with Crippen LogP contribution in [0.5, 0.6) is 0 Å². The topological polar surface area (TPSA) is 108 Å². The van der Waals surface area contributed by atoms with Gasteiger partial charge in [-0.05, 0) is 19.1 Å². The van der Waals surface area contributed by atoms with Gasteiger partial charge in [-0.2, -0.15) is 0 Å². The summed E-state index contributed by atoms with van der Waals surface area (Å²) >= 11 is 5.74. The van der Waals surface area contributed by atoms with E-state index in [0.717, 1.165) is 6.07 Å². The Balaban J connectivity index is 2.74. The second-order valence-corrected chi connectivity index (χ2v) is 6.80. The molecule has 0 aliphatic heterocycles. The predicted molar refractivity (Wildman–Crippen MR) is 75.8 cm³/mol. The Morgan fingerprint density at radius 2 is 2.05 bits per heavy atom. The van der Waals surface area contributed by atoms with Gasteiger partial charge in [-0.3, -0.25) is 14.7 Å². The van der Waals surface area contributed by atoms with Crippen LogP contribution in [0.2, 0.25) is 5.02 Å². The first-order chi connectivity index (χ1) is 9.75. The molecule has 0 unspecified atom stereocenters. The molecule has 0 amide bonds. The Hall–Kier alpha value is -1.71. The van der Waals surface area contributed by atoms with Gasteiger partial charge in [0.05, 0.1) is 10.5 Å². The predicted octanol–water partition coefficient (Wildman–Crippen LogP) is 2.45. The van der Waals surface area contributed by atoms with Gasteiger partial charge in [-0.1, -0.05) is 11.6 Å². The minimum Gasteiger partial charge on any atom is -0.297 e. The van der Waals surface area contributed by atoms with Crippen LogP contribution in [0, 0.1) is 10.1 Å². The van der Waals surface area contributed by atoms with E-state index in [0.29, 0.717) is 0 Å². The van der Waals surface area contributed by atoms with Gasteiger partial charge in [0.25, 0.3) is 19.9 Å². The zero-order valence-electron chi connectivity index (χ0n) is 10.5. The van der Waals surface area contributed by atoms with E-state index >= 15 is 0 Å². The normalized spacial score (nSPS) is 11.6. The fourth-order valence-corrected chi connectivity index (χ4v) is 2.92. The van der Waals surface area contributed by atoms with E-state index < -0.39 is 19.1 Å². The van der Waals surface area contributed by atoms with Gasteiger partial charge < -0.3 is 0 Å². The van der Waals surface area contributed by atoms with Gasteiger partial charge in [0.2, 0.25) is 0 Å². The van der Waals surface area contributed by atoms with Crippen molar-refractivity contribution in [2.24, 2.45) is 0 Å². The maximum atomic E-state index is 11.4. The number of nitro groups is 1. The maximum Gasteiger partial charge on any atom is 0.296 e. The number of hydrogen-bond donors (Lipinski definition) is 0. The molecular weight excluding hydrogens is 343 g/mol. The smallest absolute Gasteiger partial charge is 0.296 e. The molecule has 0 N–H and O–H groups in total. The Bertz CT molecular complexity index is 818. The van der Waals surface area contributed by atoms with Crippen molar-refractivity contribution in [3.8, 4) is 11.4 Å². The highest BCUT2D eigenvalue weighted by Crippen LogP contribution is 2.32. The van der Waals surface area contributed by atoms with Crippen LogP contribution in [-0.2, 0) is 15.6 Å². The van der Waals surface area contributed by atoms with Gasteiger partial charge >= 0.3 is 0 Å². The third-order valence-electron chi connectivity index (χ3n) is 2.65. The molecule has 0 fully saturated rings. The molecule has 1 heterocycles. The molecule has 0 atom stereocenters. The second kappa shape index (κ2) is 5.58. The second-order valence-electron chi connectivity index (χ2n) is 3.91. The van der Waals surface area contributed by atoms with Crippen LogP contribution in [0.15, 0.2) is 23.4 Å². The highest BCUT2D eigenvalue weighted by atomic mass is 35.7. The van der Waals surface area contributed by atoms with Crippen LogP contribution < -0.4 is 0 Å². The first kappa shape index (κ1) is 15.7. The molecule has 0 saturated carbocycles. The summed E-state index contributed by atoms with van der Waals surface area (Å²) in [4.78, 5) is 10.5. The number of aromatic nitrogens is 3. The largest absolute Gasteiger partial charge is 0.297 e. The molecule has 0 spiro atoms. The summed E-state index contributed by atoms with van der Waals surface area (Å²) in [6.45, 7) is 1.81. The lowest BCUT2D eigenvalue weighted by Crippen LogP contribution is -2.07. The average molecular weight is 351 g/mol. The molecular formula is C10H8Cl2N4O4S. The van der Waals surface area contributed by atoms with E-state index in [-0.39, 0.29) is 28.6 Å². The standard InChI is InChI=1S/C10H8Cl2N4O4S/c1-2-15-9(13-14-10(15)21(12,19)20)7-4-3-6(11)5-8(7)16(17)18/h3-5H,2H2,1H3. The van der Waals surface area contributed by atoms with Crippen molar-refractivity contribution in [1.82, 2.24) is 14.8 Å². The fraction of sp³-hybridized carbons (Fsp3) is 0.200. The van der Waals surface area contributed by atoms with Gasteiger partial charge in [0.15, 0.2) is 5.82 Å². The number of nitrogens with zero attached hydrogens (tertiary/aromatic N) is 4. The Morgan fingerprint density at radius 3 is 2.57 bits per heavy atom. The van der Waals surface area contributed by atoms with Crippen molar-refractivity contribution in [3.63, 3.8) is 0 Å². The van der Waals surface area contributed by atoms with Crippen LogP contribution in [0.3, 0.4) is 0 Å². The van der Waals surface area contributed by atoms with E-state index in [1.54, 1.807) is 6.92 Å². The third kappa shape index (κ3) is 2.99. The molecule has 11 heteroatoms. The zero-order valence-corrected chi connectivity index (χ0v) is 12.9. The number of hydrogen-bond acceptors (Lipinski definition) is 6. The molecule has 0 bridgehead atoms. The van der Waals surface area contributed by atoms with Crippen molar-refractivity contribution in [1.29, 1.82) is 0 Å². The number of benzene rings is 1. The van der Waals surface area contributed by atoms with Crippen LogP contribution in [0.1, 0.15) is 6.92 Å². The Labute approximate surface area is 128 Å². The molecule has 21 heavy (non-hydrogen) atoms. The first-order valence-corrected chi connectivity index (χ1v) is 8.26. The van der Waals surface area contributed by atoms with E-state index in [4.69, 9.17) is 22.3 Å². The van der Waals surface area contributed by atoms with Gasteiger partial charge in [0, 0.05) is 28.3 Å². The lowest BCUT2D eigenvalue weighted by Gasteiger charge is -2.06. The van der Waals surface area contributed by atoms with Crippen LogP contribution in [0.4, 0.5) is 5.69 Å². The molecule has 1 aromatic heterocycles.